The fourth-order valence-electron chi connectivity index (χ4n) is 3.23. The quantitative estimate of drug-likeness (QED) is 0.853. The molecule has 22 heavy (non-hydrogen) atoms. The molecular formula is C18H16FNO2. The Morgan fingerprint density at radius 1 is 1.09 bits per heavy atom. The van der Waals surface area contributed by atoms with Gasteiger partial charge in [0.1, 0.15) is 5.82 Å². The molecule has 3 nitrogen and oxygen atoms in total. The highest BCUT2D eigenvalue weighted by molar-refractivity contribution is 5.96. The molecular weight excluding hydrogens is 281 g/mol. The van der Waals surface area contributed by atoms with Crippen LogP contribution in [-0.2, 0) is 35.6 Å². The second-order valence-corrected chi connectivity index (χ2v) is 5.84. The maximum Gasteiger partial charge on any atom is 0.231 e. The van der Waals surface area contributed by atoms with Crippen molar-refractivity contribution in [1.82, 2.24) is 0 Å². The van der Waals surface area contributed by atoms with Crippen molar-refractivity contribution in [3.63, 3.8) is 0 Å². The average Bonchev–Trinajstić information content (AvgIpc) is 3.12. The molecule has 0 saturated heterocycles. The summed E-state index contributed by atoms with van der Waals surface area (Å²) in [5.74, 6) is -0.184. The van der Waals surface area contributed by atoms with Gasteiger partial charge in [0.15, 0.2) is 0 Å². The molecule has 4 heteroatoms. The number of anilines is 1. The van der Waals surface area contributed by atoms with Crippen molar-refractivity contribution in [1.29, 1.82) is 0 Å². The van der Waals surface area contributed by atoms with Crippen LogP contribution in [0.15, 0.2) is 36.4 Å². The number of carbonyl (C=O) groups is 1. The summed E-state index contributed by atoms with van der Waals surface area (Å²) < 4.78 is 18.7. The van der Waals surface area contributed by atoms with Crippen LogP contribution in [-0.4, -0.2) is 12.5 Å². The summed E-state index contributed by atoms with van der Waals surface area (Å²) in [4.78, 5) is 14.3. The molecule has 2 aromatic rings. The van der Waals surface area contributed by atoms with Gasteiger partial charge >= 0.3 is 0 Å². The average molecular weight is 297 g/mol. The van der Waals surface area contributed by atoms with E-state index in [1.54, 1.807) is 11.0 Å². The normalized spacial score (nSPS) is 15.8. The first-order valence-electron chi connectivity index (χ1n) is 7.48. The van der Waals surface area contributed by atoms with Gasteiger partial charge in [0.2, 0.25) is 5.91 Å². The van der Waals surface area contributed by atoms with Gasteiger partial charge in [-0.15, -0.1) is 0 Å². The number of nitrogens with zero attached hydrogens (tertiary/aromatic N) is 1. The summed E-state index contributed by atoms with van der Waals surface area (Å²) in [5.41, 5.74) is 5.14. The van der Waals surface area contributed by atoms with Gasteiger partial charge in [-0.25, -0.2) is 4.39 Å². The molecule has 0 unspecified atom stereocenters. The molecule has 0 fully saturated rings. The van der Waals surface area contributed by atoms with Crippen LogP contribution < -0.4 is 4.90 Å². The molecule has 1 amide bonds. The van der Waals surface area contributed by atoms with Crippen molar-refractivity contribution in [3.8, 4) is 0 Å². The van der Waals surface area contributed by atoms with Crippen molar-refractivity contribution < 1.29 is 13.9 Å². The lowest BCUT2D eigenvalue weighted by molar-refractivity contribution is -0.117. The predicted octanol–water partition coefficient (Wildman–Crippen LogP) is 2.99. The molecule has 0 aliphatic carbocycles. The fraction of sp³-hybridized carbons (Fsp3) is 0.278. The number of amides is 1. The highest BCUT2D eigenvalue weighted by Gasteiger charge is 2.25. The number of carbonyl (C=O) groups excluding carboxylic acids is 1. The molecule has 112 valence electrons. The van der Waals surface area contributed by atoms with Crippen molar-refractivity contribution in [2.75, 3.05) is 11.4 Å². The van der Waals surface area contributed by atoms with E-state index in [-0.39, 0.29) is 11.7 Å². The van der Waals surface area contributed by atoms with Crippen molar-refractivity contribution in [2.45, 2.75) is 26.1 Å². The molecule has 0 radical (unpaired) electrons. The van der Waals surface area contributed by atoms with E-state index in [2.05, 4.69) is 6.07 Å². The van der Waals surface area contributed by atoms with Crippen LogP contribution in [0.2, 0.25) is 0 Å². The monoisotopic (exact) mass is 297 g/mol. The van der Waals surface area contributed by atoms with E-state index in [4.69, 9.17) is 4.74 Å². The minimum Gasteiger partial charge on any atom is -0.372 e. The first-order chi connectivity index (χ1) is 10.7. The number of hydrogen-bond acceptors (Lipinski definition) is 2. The molecule has 0 bridgehead atoms. The molecule has 2 heterocycles. The van der Waals surface area contributed by atoms with E-state index in [0.717, 1.165) is 23.2 Å². The van der Waals surface area contributed by atoms with Crippen LogP contribution >= 0.6 is 0 Å². The van der Waals surface area contributed by atoms with E-state index in [9.17, 15) is 9.18 Å². The molecule has 0 aromatic heterocycles. The third-order valence-electron chi connectivity index (χ3n) is 4.38. The van der Waals surface area contributed by atoms with Crippen LogP contribution in [0.4, 0.5) is 10.1 Å². The Morgan fingerprint density at radius 3 is 2.86 bits per heavy atom. The number of hydrogen-bond donors (Lipinski definition) is 0. The second-order valence-electron chi connectivity index (χ2n) is 5.84. The molecule has 0 atom stereocenters. The molecule has 2 aromatic carbocycles. The van der Waals surface area contributed by atoms with Crippen LogP contribution in [0.3, 0.4) is 0 Å². The minimum atomic E-state index is -0.244. The molecule has 0 N–H and O–H groups in total. The zero-order valence-electron chi connectivity index (χ0n) is 12.1. The van der Waals surface area contributed by atoms with Crippen molar-refractivity contribution in [2.24, 2.45) is 0 Å². The number of rotatable bonds is 2. The number of benzene rings is 2. The zero-order chi connectivity index (χ0) is 15.1. The Balaban J connectivity index is 1.54. The lowest BCUT2D eigenvalue weighted by Gasteiger charge is -2.17. The number of ether oxygens (including phenoxy) is 1. The standard InChI is InChI=1S/C18H16FNO2/c19-16-3-4-17-13(9-16)5-6-20(17)18(21)8-12-1-2-14-10-22-11-15(14)7-12/h1-4,7,9H,5-6,8,10-11H2. The summed E-state index contributed by atoms with van der Waals surface area (Å²) in [7, 11) is 0. The Kier molecular flexibility index (Phi) is 3.19. The minimum absolute atomic E-state index is 0.0595. The van der Waals surface area contributed by atoms with E-state index in [0.29, 0.717) is 26.2 Å². The summed E-state index contributed by atoms with van der Waals surface area (Å²) in [6, 6.07) is 10.7. The van der Waals surface area contributed by atoms with Crippen molar-refractivity contribution >= 4 is 11.6 Å². The summed E-state index contributed by atoms with van der Waals surface area (Å²) in [5, 5.41) is 0. The van der Waals surface area contributed by atoms with Gasteiger partial charge in [-0.1, -0.05) is 18.2 Å². The topological polar surface area (TPSA) is 29.5 Å². The maximum absolute atomic E-state index is 13.2. The van der Waals surface area contributed by atoms with E-state index >= 15 is 0 Å². The summed E-state index contributed by atoms with van der Waals surface area (Å²) >= 11 is 0. The molecule has 0 spiro atoms. The third kappa shape index (κ3) is 2.29. The Morgan fingerprint density at radius 2 is 1.95 bits per heavy atom. The Hall–Kier alpha value is -2.20. The van der Waals surface area contributed by atoms with Gasteiger partial charge in [-0.2, -0.15) is 0 Å². The van der Waals surface area contributed by atoms with E-state index < -0.39 is 0 Å². The van der Waals surface area contributed by atoms with Crippen LogP contribution in [0.1, 0.15) is 22.3 Å². The van der Waals surface area contributed by atoms with Gasteiger partial charge in [0.25, 0.3) is 0 Å². The Labute approximate surface area is 128 Å². The zero-order valence-corrected chi connectivity index (χ0v) is 12.1. The molecule has 4 rings (SSSR count). The predicted molar refractivity (Wildman–Crippen MR) is 81.1 cm³/mol. The van der Waals surface area contributed by atoms with Gasteiger partial charge in [0, 0.05) is 12.2 Å². The lowest BCUT2D eigenvalue weighted by atomic mass is 10.0. The summed E-state index contributed by atoms with van der Waals surface area (Å²) in [6.07, 6.45) is 1.08. The molecule has 2 aliphatic rings. The van der Waals surface area contributed by atoms with Crippen LogP contribution in [0.25, 0.3) is 0 Å². The van der Waals surface area contributed by atoms with Gasteiger partial charge < -0.3 is 9.64 Å². The highest BCUT2D eigenvalue weighted by Crippen LogP contribution is 2.29. The highest BCUT2D eigenvalue weighted by atomic mass is 19.1. The molecule has 0 saturated carbocycles. The lowest BCUT2D eigenvalue weighted by Crippen LogP contribution is -2.30. The smallest absolute Gasteiger partial charge is 0.231 e. The van der Waals surface area contributed by atoms with Gasteiger partial charge in [0.05, 0.1) is 19.6 Å². The third-order valence-corrected chi connectivity index (χ3v) is 4.38. The van der Waals surface area contributed by atoms with Gasteiger partial charge in [-0.3, -0.25) is 4.79 Å². The Bertz CT molecular complexity index is 757. The number of fused-ring (bicyclic) bond motifs is 2. The second kappa shape index (κ2) is 5.21. The van der Waals surface area contributed by atoms with Crippen LogP contribution in [0.5, 0.6) is 0 Å². The first kappa shape index (κ1) is 13.5. The fourth-order valence-corrected chi connectivity index (χ4v) is 3.23. The van der Waals surface area contributed by atoms with Crippen molar-refractivity contribution in [3.05, 3.63) is 64.5 Å². The van der Waals surface area contributed by atoms with Crippen LogP contribution in [0, 0.1) is 5.82 Å². The first-order valence-corrected chi connectivity index (χ1v) is 7.48. The molecule has 2 aliphatic heterocycles. The maximum atomic E-state index is 13.2. The SMILES string of the molecule is O=C(Cc1ccc2c(c1)COC2)N1CCc2cc(F)ccc21. The largest absolute Gasteiger partial charge is 0.372 e. The summed E-state index contributed by atoms with van der Waals surface area (Å²) in [6.45, 7) is 1.92. The van der Waals surface area contributed by atoms with Gasteiger partial charge in [-0.05, 0) is 46.9 Å². The van der Waals surface area contributed by atoms with E-state index in [1.807, 2.05) is 12.1 Å². The van der Waals surface area contributed by atoms with E-state index in [1.165, 1.54) is 23.3 Å². The number of halogens is 1.